The van der Waals surface area contributed by atoms with Gasteiger partial charge in [-0.25, -0.2) is 9.82 Å². The van der Waals surface area contributed by atoms with Gasteiger partial charge in [0, 0.05) is 16.9 Å². The highest BCUT2D eigenvalue weighted by Gasteiger charge is 2.04. The van der Waals surface area contributed by atoms with Crippen LogP contribution in [0.3, 0.4) is 0 Å². The molecule has 6 heteroatoms. The van der Waals surface area contributed by atoms with Gasteiger partial charge in [-0.15, -0.1) is 0 Å². The molecule has 0 aliphatic carbocycles. The van der Waals surface area contributed by atoms with Crippen molar-refractivity contribution in [3.63, 3.8) is 0 Å². The minimum atomic E-state index is -0.329. The molecule has 25 heavy (non-hydrogen) atoms. The maximum absolute atomic E-state index is 12.9. The molecular formula is C19H15ClFN3O. The van der Waals surface area contributed by atoms with Gasteiger partial charge in [0.15, 0.2) is 0 Å². The van der Waals surface area contributed by atoms with Crippen LogP contribution in [0.4, 0.5) is 4.39 Å². The average molecular weight is 356 g/mol. The number of hydrogen-bond donors (Lipinski definition) is 1. The van der Waals surface area contributed by atoms with Gasteiger partial charge in [0.2, 0.25) is 5.91 Å². The number of benzene rings is 2. The predicted octanol–water partition coefficient (Wildman–Crippen LogP) is 3.96. The molecule has 126 valence electrons. The van der Waals surface area contributed by atoms with E-state index in [4.69, 9.17) is 11.6 Å². The van der Waals surface area contributed by atoms with Crippen molar-refractivity contribution in [2.24, 2.45) is 5.10 Å². The number of hydrogen-bond acceptors (Lipinski definition) is 2. The number of hydrazone groups is 1. The lowest BCUT2D eigenvalue weighted by Crippen LogP contribution is -2.20. The van der Waals surface area contributed by atoms with Crippen molar-refractivity contribution >= 4 is 23.7 Å². The Morgan fingerprint density at radius 2 is 1.84 bits per heavy atom. The van der Waals surface area contributed by atoms with Crippen LogP contribution < -0.4 is 5.43 Å². The summed E-state index contributed by atoms with van der Waals surface area (Å²) < 4.78 is 14.8. The molecule has 0 fully saturated rings. The summed E-state index contributed by atoms with van der Waals surface area (Å²) in [5.41, 5.74) is 4.94. The molecule has 0 unspecified atom stereocenters. The smallest absolute Gasteiger partial charge is 0.244 e. The fraction of sp³-hybridized carbons (Fsp3) is 0.0526. The van der Waals surface area contributed by atoms with E-state index in [-0.39, 0.29) is 18.1 Å². The molecular weight excluding hydrogens is 341 g/mol. The summed E-state index contributed by atoms with van der Waals surface area (Å²) >= 11 is 5.90. The highest BCUT2D eigenvalue weighted by Crippen LogP contribution is 2.15. The van der Waals surface area contributed by atoms with Crippen molar-refractivity contribution in [3.8, 4) is 5.69 Å². The van der Waals surface area contributed by atoms with Gasteiger partial charge in [-0.3, -0.25) is 4.79 Å². The molecule has 3 rings (SSSR count). The van der Waals surface area contributed by atoms with Gasteiger partial charge in [0.1, 0.15) is 5.82 Å². The highest BCUT2D eigenvalue weighted by atomic mass is 35.5. The van der Waals surface area contributed by atoms with Gasteiger partial charge in [0.05, 0.1) is 18.3 Å². The Morgan fingerprint density at radius 1 is 1.12 bits per heavy atom. The lowest BCUT2D eigenvalue weighted by molar-refractivity contribution is -0.120. The number of nitrogens with one attached hydrogen (secondary N) is 1. The monoisotopic (exact) mass is 355 g/mol. The summed E-state index contributed by atoms with van der Waals surface area (Å²) in [5.74, 6) is -0.599. The zero-order chi connectivity index (χ0) is 17.6. The van der Waals surface area contributed by atoms with Crippen LogP contribution in [0.2, 0.25) is 5.02 Å². The fourth-order valence-corrected chi connectivity index (χ4v) is 2.46. The van der Waals surface area contributed by atoms with Crippen molar-refractivity contribution in [1.82, 2.24) is 9.99 Å². The van der Waals surface area contributed by atoms with E-state index in [1.54, 1.807) is 18.3 Å². The Hall–Kier alpha value is -2.92. The minimum absolute atomic E-state index is 0.135. The van der Waals surface area contributed by atoms with E-state index >= 15 is 0 Å². The lowest BCUT2D eigenvalue weighted by Gasteiger charge is -2.06. The Balaban J connectivity index is 1.63. The third-order valence-electron chi connectivity index (χ3n) is 3.55. The molecule has 0 saturated heterocycles. The van der Waals surface area contributed by atoms with Gasteiger partial charge < -0.3 is 4.57 Å². The van der Waals surface area contributed by atoms with Crippen LogP contribution in [0, 0.1) is 5.82 Å². The van der Waals surface area contributed by atoms with Crippen molar-refractivity contribution < 1.29 is 9.18 Å². The molecule has 0 spiro atoms. The van der Waals surface area contributed by atoms with E-state index in [0.29, 0.717) is 5.02 Å². The summed E-state index contributed by atoms with van der Waals surface area (Å²) in [4.78, 5) is 11.9. The standard InChI is InChI=1S/C19H15ClFN3O/c20-15-5-9-17(10-6-15)24-11-1-2-18(24)13-22-23-19(25)12-14-3-7-16(21)8-4-14/h1-11,13H,12H2,(H,23,25)/b22-13+. The van der Waals surface area contributed by atoms with E-state index in [1.165, 1.54) is 12.1 Å². The number of amides is 1. The third-order valence-corrected chi connectivity index (χ3v) is 3.80. The first-order valence-electron chi connectivity index (χ1n) is 7.61. The second-order valence-corrected chi connectivity index (χ2v) is 5.81. The Morgan fingerprint density at radius 3 is 2.56 bits per heavy atom. The first kappa shape index (κ1) is 16.9. The Bertz CT molecular complexity index is 886. The van der Waals surface area contributed by atoms with Crippen molar-refractivity contribution in [2.45, 2.75) is 6.42 Å². The van der Waals surface area contributed by atoms with E-state index < -0.39 is 0 Å². The second kappa shape index (κ2) is 7.77. The molecule has 0 radical (unpaired) electrons. The number of rotatable bonds is 5. The topological polar surface area (TPSA) is 46.4 Å². The highest BCUT2D eigenvalue weighted by molar-refractivity contribution is 6.30. The van der Waals surface area contributed by atoms with Crippen molar-refractivity contribution in [1.29, 1.82) is 0 Å². The number of halogens is 2. The largest absolute Gasteiger partial charge is 0.316 e. The molecule has 0 saturated carbocycles. The first-order valence-corrected chi connectivity index (χ1v) is 7.99. The number of carbonyl (C=O) groups excluding carboxylic acids is 1. The number of nitrogens with zero attached hydrogens (tertiary/aromatic N) is 2. The fourth-order valence-electron chi connectivity index (χ4n) is 2.33. The maximum atomic E-state index is 12.9. The summed E-state index contributed by atoms with van der Waals surface area (Å²) in [6.45, 7) is 0. The maximum Gasteiger partial charge on any atom is 0.244 e. The molecule has 2 aromatic carbocycles. The van der Waals surface area contributed by atoms with Crippen LogP contribution in [0.15, 0.2) is 72.0 Å². The zero-order valence-corrected chi connectivity index (χ0v) is 13.9. The molecule has 4 nitrogen and oxygen atoms in total. The van der Waals surface area contributed by atoms with E-state index in [9.17, 15) is 9.18 Å². The van der Waals surface area contributed by atoms with Crippen LogP contribution in [0.1, 0.15) is 11.3 Å². The average Bonchev–Trinajstić information content (AvgIpc) is 3.06. The van der Waals surface area contributed by atoms with E-state index in [0.717, 1.165) is 16.9 Å². The zero-order valence-electron chi connectivity index (χ0n) is 13.2. The number of carbonyl (C=O) groups is 1. The van der Waals surface area contributed by atoms with Crippen LogP contribution in [-0.2, 0) is 11.2 Å². The minimum Gasteiger partial charge on any atom is -0.316 e. The van der Waals surface area contributed by atoms with Gasteiger partial charge >= 0.3 is 0 Å². The van der Waals surface area contributed by atoms with Gasteiger partial charge in [-0.05, 0) is 54.1 Å². The molecule has 1 N–H and O–H groups in total. The molecule has 0 bridgehead atoms. The molecule has 1 amide bonds. The number of aromatic nitrogens is 1. The predicted molar refractivity (Wildman–Crippen MR) is 96.6 cm³/mol. The molecule has 0 aliphatic heterocycles. The van der Waals surface area contributed by atoms with Crippen LogP contribution in [0.5, 0.6) is 0 Å². The van der Waals surface area contributed by atoms with Crippen LogP contribution >= 0.6 is 11.6 Å². The molecule has 0 aliphatic rings. The Kier molecular flexibility index (Phi) is 5.26. The van der Waals surface area contributed by atoms with Gasteiger partial charge in [-0.2, -0.15) is 5.10 Å². The van der Waals surface area contributed by atoms with Crippen molar-refractivity contribution in [2.75, 3.05) is 0 Å². The summed E-state index contributed by atoms with van der Waals surface area (Å²) in [6.07, 6.45) is 3.60. The Labute approximate surface area is 149 Å². The van der Waals surface area contributed by atoms with Gasteiger partial charge in [0.25, 0.3) is 0 Å². The van der Waals surface area contributed by atoms with Gasteiger partial charge in [-0.1, -0.05) is 23.7 Å². The normalized spacial score (nSPS) is 11.0. The first-order chi connectivity index (χ1) is 12.1. The molecule has 0 atom stereocenters. The molecule has 1 heterocycles. The molecule has 3 aromatic rings. The third kappa shape index (κ3) is 4.55. The second-order valence-electron chi connectivity index (χ2n) is 5.38. The molecule has 1 aromatic heterocycles. The van der Waals surface area contributed by atoms with E-state index in [2.05, 4.69) is 10.5 Å². The summed E-state index contributed by atoms with van der Waals surface area (Å²) in [6, 6.07) is 17.0. The lowest BCUT2D eigenvalue weighted by atomic mass is 10.1. The SMILES string of the molecule is O=C(Cc1ccc(F)cc1)N/N=C/c1cccn1-c1ccc(Cl)cc1. The van der Waals surface area contributed by atoms with Crippen LogP contribution in [-0.4, -0.2) is 16.7 Å². The van der Waals surface area contributed by atoms with Crippen LogP contribution in [0.25, 0.3) is 5.69 Å². The summed E-state index contributed by atoms with van der Waals surface area (Å²) in [7, 11) is 0. The van der Waals surface area contributed by atoms with Crippen molar-refractivity contribution in [3.05, 3.63) is 89.0 Å². The quantitative estimate of drug-likeness (QED) is 0.546. The summed E-state index contributed by atoms with van der Waals surface area (Å²) in [5, 5.41) is 4.65. The van der Waals surface area contributed by atoms with E-state index in [1.807, 2.05) is 47.2 Å².